The number of nitrogens with two attached hydrogens (primary N) is 2. The molecule has 2 saturated heterocycles. The van der Waals surface area contributed by atoms with E-state index in [2.05, 4.69) is 5.32 Å². The van der Waals surface area contributed by atoms with Gasteiger partial charge in [-0.1, -0.05) is 0 Å². The van der Waals surface area contributed by atoms with E-state index in [4.69, 9.17) is 21.6 Å². The number of carbonyl (C=O) groups excluding carboxylic acids is 2. The molecule has 0 radical (unpaired) electrons. The summed E-state index contributed by atoms with van der Waals surface area (Å²) in [5, 5.41) is 10.3. The Morgan fingerprint density at radius 3 is 2.62 bits per heavy atom. The number of rotatable bonds is 5. The van der Waals surface area contributed by atoms with Gasteiger partial charge in [0.25, 0.3) is 0 Å². The number of piperidine rings is 1. The van der Waals surface area contributed by atoms with Crippen LogP contribution in [0.2, 0.25) is 0 Å². The molecule has 9 heteroatoms. The van der Waals surface area contributed by atoms with Crippen molar-refractivity contribution in [2.45, 2.75) is 25.3 Å². The molecule has 0 unspecified atom stereocenters. The van der Waals surface area contributed by atoms with Crippen LogP contribution in [0.5, 0.6) is 0 Å². The van der Waals surface area contributed by atoms with Crippen LogP contribution >= 0.6 is 0 Å². The lowest BCUT2D eigenvalue weighted by molar-refractivity contribution is -0.138. The van der Waals surface area contributed by atoms with E-state index in [0.717, 1.165) is 19.4 Å². The maximum Gasteiger partial charge on any atom is 0.240 e. The van der Waals surface area contributed by atoms with Crippen molar-refractivity contribution in [2.24, 2.45) is 17.4 Å². The number of guanidine groups is 1. The summed E-state index contributed by atoms with van der Waals surface area (Å²) in [4.78, 5) is 27.7. The molecule has 2 heterocycles. The van der Waals surface area contributed by atoms with Crippen molar-refractivity contribution in [2.75, 3.05) is 45.9 Å². The minimum absolute atomic E-state index is 0.0146. The van der Waals surface area contributed by atoms with E-state index >= 15 is 0 Å². The van der Waals surface area contributed by atoms with Gasteiger partial charge in [-0.3, -0.25) is 15.0 Å². The van der Waals surface area contributed by atoms with Crippen LogP contribution < -0.4 is 16.8 Å². The fourth-order valence-corrected chi connectivity index (χ4v) is 3.09. The fourth-order valence-electron chi connectivity index (χ4n) is 3.09. The molecule has 2 aliphatic heterocycles. The van der Waals surface area contributed by atoms with E-state index in [9.17, 15) is 9.59 Å². The third kappa shape index (κ3) is 5.34. The number of hydrogen-bond acceptors (Lipinski definition) is 5. The first kappa shape index (κ1) is 18.5. The Balaban J connectivity index is 1.70. The lowest BCUT2D eigenvalue weighted by Crippen LogP contribution is -2.50. The molecular formula is C15H28N6O3. The number of hydrogen-bond donors (Lipinski definition) is 4. The molecule has 0 aromatic carbocycles. The Bertz CT molecular complexity index is 466. The number of morpholine rings is 1. The fraction of sp³-hybridized carbons (Fsp3) is 0.800. The maximum atomic E-state index is 12.2. The van der Waals surface area contributed by atoms with Crippen molar-refractivity contribution in [3.05, 3.63) is 0 Å². The molecule has 2 amide bonds. The maximum absolute atomic E-state index is 12.2. The first-order valence-electron chi connectivity index (χ1n) is 8.45. The van der Waals surface area contributed by atoms with Crippen LogP contribution in [0.15, 0.2) is 0 Å². The van der Waals surface area contributed by atoms with Crippen LogP contribution in [0, 0.1) is 11.3 Å². The zero-order chi connectivity index (χ0) is 17.5. The molecule has 0 aromatic rings. The number of amides is 2. The van der Waals surface area contributed by atoms with Crippen molar-refractivity contribution in [3.8, 4) is 0 Å². The summed E-state index contributed by atoms with van der Waals surface area (Å²) in [6.07, 6.45) is 1.93. The smallest absolute Gasteiger partial charge is 0.240 e. The molecule has 0 spiro atoms. The Morgan fingerprint density at radius 2 is 1.96 bits per heavy atom. The first-order valence-corrected chi connectivity index (χ1v) is 8.45. The van der Waals surface area contributed by atoms with Crippen molar-refractivity contribution in [3.63, 3.8) is 0 Å². The first-order chi connectivity index (χ1) is 11.5. The minimum Gasteiger partial charge on any atom is -0.378 e. The van der Waals surface area contributed by atoms with Gasteiger partial charge in [-0.05, 0) is 18.8 Å². The van der Waals surface area contributed by atoms with Gasteiger partial charge >= 0.3 is 0 Å². The molecule has 2 aliphatic rings. The van der Waals surface area contributed by atoms with Crippen molar-refractivity contribution < 1.29 is 14.3 Å². The summed E-state index contributed by atoms with van der Waals surface area (Å²) in [6.45, 7) is 4.06. The molecule has 9 nitrogen and oxygen atoms in total. The van der Waals surface area contributed by atoms with Gasteiger partial charge in [0.05, 0.1) is 25.7 Å². The summed E-state index contributed by atoms with van der Waals surface area (Å²) < 4.78 is 5.20. The lowest BCUT2D eigenvalue weighted by atomic mass is 9.98. The van der Waals surface area contributed by atoms with E-state index in [-0.39, 0.29) is 30.1 Å². The van der Waals surface area contributed by atoms with Crippen LogP contribution in [-0.4, -0.2) is 79.6 Å². The minimum atomic E-state index is -0.817. The van der Waals surface area contributed by atoms with Gasteiger partial charge in [0.2, 0.25) is 11.8 Å². The monoisotopic (exact) mass is 340 g/mol. The highest BCUT2D eigenvalue weighted by Gasteiger charge is 2.26. The Hall–Kier alpha value is -1.87. The largest absolute Gasteiger partial charge is 0.378 e. The second-order valence-electron chi connectivity index (χ2n) is 6.39. The molecule has 0 saturated carbocycles. The van der Waals surface area contributed by atoms with Crippen LogP contribution in [0.25, 0.3) is 0 Å². The van der Waals surface area contributed by atoms with Crippen LogP contribution in [0.1, 0.15) is 19.3 Å². The van der Waals surface area contributed by atoms with Gasteiger partial charge in [-0.25, -0.2) is 0 Å². The summed E-state index contributed by atoms with van der Waals surface area (Å²) >= 11 is 0. The quantitative estimate of drug-likeness (QED) is 0.347. The zero-order valence-corrected chi connectivity index (χ0v) is 14.0. The second kappa shape index (κ2) is 8.84. The molecule has 136 valence electrons. The Labute approximate surface area is 142 Å². The van der Waals surface area contributed by atoms with Gasteiger partial charge in [-0.15, -0.1) is 0 Å². The van der Waals surface area contributed by atoms with Gasteiger partial charge in [-0.2, -0.15) is 0 Å². The number of likely N-dealkylation sites (tertiary alicyclic amines) is 1. The molecule has 0 aliphatic carbocycles. The highest BCUT2D eigenvalue weighted by Crippen LogP contribution is 2.15. The molecule has 6 N–H and O–H groups in total. The van der Waals surface area contributed by atoms with Crippen molar-refractivity contribution in [1.82, 2.24) is 15.1 Å². The highest BCUT2D eigenvalue weighted by molar-refractivity contribution is 5.88. The van der Waals surface area contributed by atoms with E-state index in [1.807, 2.05) is 4.90 Å². The number of nitrogens with zero attached hydrogens (tertiary/aromatic N) is 2. The van der Waals surface area contributed by atoms with E-state index in [1.54, 1.807) is 4.90 Å². The Morgan fingerprint density at radius 1 is 1.25 bits per heavy atom. The second-order valence-corrected chi connectivity index (χ2v) is 6.39. The molecule has 2 atom stereocenters. The molecule has 2 fully saturated rings. The predicted octanol–water partition coefficient (Wildman–Crippen LogP) is -1.72. The van der Waals surface area contributed by atoms with Gasteiger partial charge in [0.15, 0.2) is 5.96 Å². The van der Waals surface area contributed by atoms with Gasteiger partial charge in [0.1, 0.15) is 0 Å². The Kier molecular flexibility index (Phi) is 6.80. The summed E-state index contributed by atoms with van der Waals surface area (Å²) in [7, 11) is 0. The lowest BCUT2D eigenvalue weighted by Gasteiger charge is -2.33. The third-order valence-electron chi connectivity index (χ3n) is 4.49. The zero-order valence-electron chi connectivity index (χ0n) is 14.0. The average Bonchev–Trinajstić information content (AvgIpc) is 2.60. The van der Waals surface area contributed by atoms with Crippen LogP contribution in [-0.2, 0) is 14.3 Å². The third-order valence-corrected chi connectivity index (χ3v) is 4.49. The molecule has 0 aromatic heterocycles. The SMILES string of the molecule is N=C(N)N1CCC[C@H](CNC(=O)C[C@H](N)C(=O)N2CCOCC2)C1. The van der Waals surface area contributed by atoms with E-state index in [1.165, 1.54) is 0 Å². The molecule has 2 rings (SSSR count). The summed E-state index contributed by atoms with van der Waals surface area (Å²) in [5.41, 5.74) is 11.4. The topological polar surface area (TPSA) is 138 Å². The van der Waals surface area contributed by atoms with Crippen molar-refractivity contribution >= 4 is 17.8 Å². The van der Waals surface area contributed by atoms with Crippen LogP contribution in [0.3, 0.4) is 0 Å². The van der Waals surface area contributed by atoms with Gasteiger partial charge in [0, 0.05) is 32.7 Å². The van der Waals surface area contributed by atoms with Crippen molar-refractivity contribution in [1.29, 1.82) is 5.41 Å². The van der Waals surface area contributed by atoms with E-state index < -0.39 is 6.04 Å². The molecular weight excluding hydrogens is 312 g/mol. The number of ether oxygens (including phenoxy) is 1. The standard InChI is InChI=1S/C15H28N6O3/c16-12(14(23)20-4-6-24-7-5-20)8-13(22)19-9-11-2-1-3-21(10-11)15(17)18/h11-12H,1-10,16H2,(H3,17,18)(H,19,22)/t11-,12+/m1/s1. The van der Waals surface area contributed by atoms with Gasteiger partial charge < -0.3 is 31.3 Å². The van der Waals surface area contributed by atoms with Crippen LogP contribution in [0.4, 0.5) is 0 Å². The number of carbonyl (C=O) groups is 2. The highest BCUT2D eigenvalue weighted by atomic mass is 16.5. The molecule has 0 bridgehead atoms. The summed E-state index contributed by atoms with van der Waals surface area (Å²) in [5.74, 6) is -0.0835. The number of nitrogens with one attached hydrogen (secondary N) is 2. The normalized spacial score (nSPS) is 22.8. The average molecular weight is 340 g/mol. The van der Waals surface area contributed by atoms with E-state index in [0.29, 0.717) is 39.4 Å². The summed E-state index contributed by atoms with van der Waals surface area (Å²) in [6, 6.07) is -0.817. The molecule has 24 heavy (non-hydrogen) atoms. The predicted molar refractivity (Wildman–Crippen MR) is 89.2 cm³/mol.